The Morgan fingerprint density at radius 3 is 1.73 bits per heavy atom. The predicted molar refractivity (Wildman–Crippen MR) is 194 cm³/mol. The highest BCUT2D eigenvalue weighted by Gasteiger charge is 2.28. The molecule has 48 heavy (non-hydrogen) atoms. The second kappa shape index (κ2) is 10.2. The second-order valence-corrected chi connectivity index (χ2v) is 13.9. The van der Waals surface area contributed by atoms with E-state index in [0.29, 0.717) is 11.3 Å². The Balaban J connectivity index is 1.17. The number of fused-ring (bicyclic) bond motifs is 4. The molecular weight excluding hydrogens is 629 g/mol. The highest BCUT2D eigenvalue weighted by atomic mass is 32.2. The molecule has 8 heteroatoms. The van der Waals surface area contributed by atoms with E-state index in [9.17, 15) is 5.26 Å². The van der Waals surface area contributed by atoms with E-state index in [-0.39, 0.29) is 0 Å². The molecule has 10 rings (SSSR count). The van der Waals surface area contributed by atoms with Crippen molar-refractivity contribution in [2.24, 2.45) is 0 Å². The normalized spacial score (nSPS) is 13.1. The van der Waals surface area contributed by atoms with E-state index in [2.05, 4.69) is 87.4 Å². The molecule has 0 radical (unpaired) electrons. The van der Waals surface area contributed by atoms with E-state index in [1.807, 2.05) is 54.9 Å². The number of rotatable bonds is 2. The molecule has 0 fully saturated rings. The fourth-order valence-electron chi connectivity index (χ4n) is 6.95. The molecule has 6 aromatic carbocycles. The molecule has 8 aromatic rings. The highest BCUT2D eigenvalue weighted by Crippen LogP contribution is 2.54. The van der Waals surface area contributed by atoms with Gasteiger partial charge in [0.15, 0.2) is 5.69 Å². The maximum atomic E-state index is 9.72. The predicted octanol–water partition coefficient (Wildman–Crippen LogP) is 11.7. The van der Waals surface area contributed by atoms with Crippen LogP contribution in [0.2, 0.25) is 0 Å². The van der Waals surface area contributed by atoms with Gasteiger partial charge in [0.2, 0.25) is 0 Å². The van der Waals surface area contributed by atoms with Gasteiger partial charge < -0.3 is 9.80 Å². The molecular formula is C40H20N6S2. The standard InChI is InChI=1S/C40H20N6S2/c1-42-26-11-13-38-34(17-26)45(31-6-2-4-8-35(31)48-38)27-15-24-21-43-29-18-28(19-30-40(29)39(24)25(16-27)22-44-30)46-32-7-3-5-9-36(32)47-37-12-10-23(20-41)14-33(37)46/h2-19,21-22H. The fraction of sp³-hybridized carbons (Fsp3) is 0. The van der Waals surface area contributed by atoms with Gasteiger partial charge in [0.05, 0.1) is 52.0 Å². The van der Waals surface area contributed by atoms with Crippen molar-refractivity contribution in [2.75, 3.05) is 9.80 Å². The molecule has 0 unspecified atom stereocenters. The third kappa shape index (κ3) is 3.94. The van der Waals surface area contributed by atoms with Gasteiger partial charge in [-0.1, -0.05) is 59.9 Å². The third-order valence-corrected chi connectivity index (χ3v) is 11.3. The number of benzene rings is 6. The van der Waals surface area contributed by atoms with Crippen LogP contribution in [0.25, 0.3) is 37.4 Å². The first-order valence-electron chi connectivity index (χ1n) is 15.3. The lowest BCUT2D eigenvalue weighted by Gasteiger charge is -2.34. The minimum atomic E-state index is 0.608. The summed E-state index contributed by atoms with van der Waals surface area (Å²) in [6, 6.07) is 39.5. The van der Waals surface area contributed by atoms with Gasteiger partial charge in [-0.15, -0.1) is 0 Å². The quantitative estimate of drug-likeness (QED) is 0.136. The number of nitrogens with zero attached hydrogens (tertiary/aromatic N) is 6. The largest absolute Gasteiger partial charge is 0.309 e. The summed E-state index contributed by atoms with van der Waals surface area (Å²) >= 11 is 3.44. The summed E-state index contributed by atoms with van der Waals surface area (Å²) in [5.74, 6) is 0. The zero-order valence-electron chi connectivity index (χ0n) is 25.0. The summed E-state index contributed by atoms with van der Waals surface area (Å²) in [6.45, 7) is 7.66. The average molecular weight is 649 g/mol. The summed E-state index contributed by atoms with van der Waals surface area (Å²) in [5, 5.41) is 13.9. The molecule has 2 aliphatic rings. The van der Waals surface area contributed by atoms with Crippen molar-refractivity contribution in [2.45, 2.75) is 19.6 Å². The molecule has 0 atom stereocenters. The van der Waals surface area contributed by atoms with Crippen molar-refractivity contribution in [3.63, 3.8) is 0 Å². The van der Waals surface area contributed by atoms with E-state index in [1.165, 1.54) is 0 Å². The number of hydrogen-bond donors (Lipinski definition) is 0. The Labute approximate surface area is 284 Å². The van der Waals surface area contributed by atoms with Crippen LogP contribution in [0.3, 0.4) is 0 Å². The van der Waals surface area contributed by atoms with Gasteiger partial charge in [0, 0.05) is 64.9 Å². The zero-order chi connectivity index (χ0) is 31.9. The smallest absolute Gasteiger partial charge is 0.189 e. The summed E-state index contributed by atoms with van der Waals surface area (Å²) in [7, 11) is 0. The molecule has 0 amide bonds. The maximum Gasteiger partial charge on any atom is 0.189 e. The lowest BCUT2D eigenvalue weighted by atomic mass is 9.99. The van der Waals surface area contributed by atoms with Gasteiger partial charge >= 0.3 is 0 Å². The lowest BCUT2D eigenvalue weighted by molar-refractivity contribution is 1.16. The molecule has 0 bridgehead atoms. The van der Waals surface area contributed by atoms with Gasteiger partial charge in [-0.05, 0) is 72.8 Å². The second-order valence-electron chi connectivity index (χ2n) is 11.7. The minimum absolute atomic E-state index is 0.608. The van der Waals surface area contributed by atoms with Crippen LogP contribution in [0, 0.1) is 17.9 Å². The van der Waals surface area contributed by atoms with E-state index in [1.54, 1.807) is 23.5 Å². The van der Waals surface area contributed by atoms with Gasteiger partial charge in [-0.3, -0.25) is 9.97 Å². The van der Waals surface area contributed by atoms with Gasteiger partial charge in [0.25, 0.3) is 0 Å². The number of para-hydroxylation sites is 2. The van der Waals surface area contributed by atoms with Crippen molar-refractivity contribution >= 4 is 95.9 Å². The first-order chi connectivity index (χ1) is 23.7. The topological polar surface area (TPSA) is 60.4 Å². The Bertz CT molecular complexity index is 2490. The Kier molecular flexibility index (Phi) is 5.77. The Morgan fingerprint density at radius 2 is 1.12 bits per heavy atom. The molecule has 4 heterocycles. The van der Waals surface area contributed by atoms with Crippen molar-refractivity contribution < 1.29 is 0 Å². The van der Waals surface area contributed by atoms with Gasteiger partial charge in [-0.2, -0.15) is 5.26 Å². The average Bonchev–Trinajstić information content (AvgIpc) is 3.14. The van der Waals surface area contributed by atoms with E-state index < -0.39 is 0 Å². The Morgan fingerprint density at radius 1 is 0.583 bits per heavy atom. The van der Waals surface area contributed by atoms with Crippen LogP contribution in [0.4, 0.5) is 39.8 Å². The van der Waals surface area contributed by atoms with E-state index in [4.69, 9.17) is 16.5 Å². The molecule has 2 aliphatic heterocycles. The first-order valence-corrected chi connectivity index (χ1v) is 16.9. The molecule has 0 aliphatic carbocycles. The van der Waals surface area contributed by atoms with Crippen LogP contribution >= 0.6 is 23.5 Å². The van der Waals surface area contributed by atoms with Crippen LogP contribution in [0.5, 0.6) is 0 Å². The van der Waals surface area contributed by atoms with Gasteiger partial charge in [0.1, 0.15) is 0 Å². The SMILES string of the molecule is [C-]#[N+]c1ccc2c(c1)N(c1cc3cnc4cc(N5c6ccccc6Sc6ccc(C#N)cc65)cc5ncc(c1)c3c45)c1ccccc1S2. The number of nitriles is 1. The zero-order valence-corrected chi connectivity index (χ0v) is 26.7. The minimum Gasteiger partial charge on any atom is -0.309 e. The fourth-order valence-corrected chi connectivity index (χ4v) is 9.03. The van der Waals surface area contributed by atoms with Crippen molar-refractivity contribution in [3.8, 4) is 6.07 Å². The molecule has 0 saturated heterocycles. The van der Waals surface area contributed by atoms with Crippen molar-refractivity contribution in [3.05, 3.63) is 139 Å². The number of anilines is 6. The summed E-state index contributed by atoms with van der Waals surface area (Å²) < 4.78 is 0. The Hall–Kier alpha value is -6.06. The molecule has 222 valence electrons. The number of aromatic nitrogens is 2. The van der Waals surface area contributed by atoms with Crippen LogP contribution < -0.4 is 9.80 Å². The molecule has 0 N–H and O–H groups in total. The molecule has 0 spiro atoms. The monoisotopic (exact) mass is 648 g/mol. The summed E-state index contributed by atoms with van der Waals surface area (Å²) in [4.78, 5) is 22.8. The van der Waals surface area contributed by atoms with Crippen LogP contribution in [0.15, 0.2) is 141 Å². The van der Waals surface area contributed by atoms with E-state index >= 15 is 0 Å². The van der Waals surface area contributed by atoms with Crippen LogP contribution in [-0.2, 0) is 0 Å². The van der Waals surface area contributed by atoms with Gasteiger partial charge in [-0.25, -0.2) is 4.85 Å². The first kappa shape index (κ1) is 27.1. The number of hydrogen-bond acceptors (Lipinski definition) is 7. The highest BCUT2D eigenvalue weighted by molar-refractivity contribution is 8.00. The lowest BCUT2D eigenvalue weighted by Crippen LogP contribution is -2.15. The van der Waals surface area contributed by atoms with Crippen molar-refractivity contribution in [1.82, 2.24) is 9.97 Å². The van der Waals surface area contributed by atoms with E-state index in [0.717, 1.165) is 86.3 Å². The van der Waals surface area contributed by atoms with Crippen LogP contribution in [-0.4, -0.2) is 9.97 Å². The molecule has 6 nitrogen and oxygen atoms in total. The summed E-state index contributed by atoms with van der Waals surface area (Å²) in [5.41, 5.74) is 8.99. The molecule has 0 saturated carbocycles. The number of pyridine rings is 2. The van der Waals surface area contributed by atoms with Crippen molar-refractivity contribution in [1.29, 1.82) is 5.26 Å². The maximum absolute atomic E-state index is 9.72. The van der Waals surface area contributed by atoms with Crippen LogP contribution in [0.1, 0.15) is 5.56 Å². The third-order valence-electron chi connectivity index (χ3n) is 9.01. The summed E-state index contributed by atoms with van der Waals surface area (Å²) in [6.07, 6.45) is 3.92. The molecule has 2 aromatic heterocycles.